The number of nitrogen functional groups attached to an aromatic ring is 1. The van der Waals surface area contributed by atoms with E-state index in [1.807, 2.05) is 52.0 Å². The summed E-state index contributed by atoms with van der Waals surface area (Å²) in [6.45, 7) is 8.48. The molecule has 1 aromatic carbocycles. The summed E-state index contributed by atoms with van der Waals surface area (Å²) in [7, 11) is 0. The van der Waals surface area contributed by atoms with E-state index in [0.29, 0.717) is 23.9 Å². The van der Waals surface area contributed by atoms with E-state index < -0.39 is 11.2 Å². The van der Waals surface area contributed by atoms with Crippen LogP contribution in [0.2, 0.25) is 5.02 Å². The molecule has 0 aliphatic heterocycles. The van der Waals surface area contributed by atoms with E-state index in [1.165, 1.54) is 21.2 Å². The Labute approximate surface area is 185 Å². The van der Waals surface area contributed by atoms with Crippen molar-refractivity contribution >= 4 is 40.8 Å². The molecule has 0 aliphatic carbocycles. The predicted octanol–water partition coefficient (Wildman–Crippen LogP) is 3.35. The number of carbonyl (C=O) groups excluding carboxylic acids is 1. The number of aromatic nitrogens is 2. The van der Waals surface area contributed by atoms with Gasteiger partial charge in [0.15, 0.2) is 5.69 Å². The van der Waals surface area contributed by atoms with Crippen LogP contribution < -0.4 is 21.9 Å². The molecular formula is C21H29ClN4O3S. The number of anilines is 2. The zero-order chi connectivity index (χ0) is 22.4. The van der Waals surface area contributed by atoms with Gasteiger partial charge in [0.2, 0.25) is 5.91 Å². The number of rotatable bonds is 9. The Morgan fingerprint density at radius 3 is 2.37 bits per heavy atom. The lowest BCUT2D eigenvalue weighted by Crippen LogP contribution is -2.43. The van der Waals surface area contributed by atoms with Gasteiger partial charge in [-0.1, -0.05) is 51.4 Å². The molecule has 2 rings (SSSR count). The Kier molecular flexibility index (Phi) is 8.61. The minimum absolute atomic E-state index is 0.0224. The van der Waals surface area contributed by atoms with Gasteiger partial charge in [-0.05, 0) is 29.5 Å². The maximum Gasteiger partial charge on any atom is 0.330 e. The molecule has 164 valence electrons. The summed E-state index contributed by atoms with van der Waals surface area (Å²) >= 11 is 7.35. The molecule has 1 heterocycles. The third-order valence-electron chi connectivity index (χ3n) is 4.29. The van der Waals surface area contributed by atoms with Crippen molar-refractivity contribution in [1.29, 1.82) is 0 Å². The van der Waals surface area contributed by atoms with Crippen LogP contribution >= 0.6 is 23.4 Å². The van der Waals surface area contributed by atoms with E-state index in [2.05, 4.69) is 4.98 Å². The first-order chi connectivity index (χ1) is 14.1. The molecule has 0 spiro atoms. The Hall–Kier alpha value is -2.19. The van der Waals surface area contributed by atoms with Crippen molar-refractivity contribution in [2.75, 3.05) is 22.9 Å². The van der Waals surface area contributed by atoms with Gasteiger partial charge in [-0.2, -0.15) is 0 Å². The summed E-state index contributed by atoms with van der Waals surface area (Å²) in [5.41, 5.74) is 6.10. The van der Waals surface area contributed by atoms with Crippen LogP contribution in [0.1, 0.15) is 33.3 Å². The van der Waals surface area contributed by atoms with Crippen molar-refractivity contribution in [2.24, 2.45) is 11.8 Å². The third kappa shape index (κ3) is 6.40. The molecule has 0 unspecified atom stereocenters. The van der Waals surface area contributed by atoms with Gasteiger partial charge in [0.1, 0.15) is 5.82 Å². The van der Waals surface area contributed by atoms with Crippen LogP contribution in [0.4, 0.5) is 11.5 Å². The molecule has 7 nitrogen and oxygen atoms in total. The molecule has 30 heavy (non-hydrogen) atoms. The second-order valence-electron chi connectivity index (χ2n) is 8.02. The molecule has 1 amide bonds. The highest BCUT2D eigenvalue weighted by Gasteiger charge is 2.25. The van der Waals surface area contributed by atoms with Crippen LogP contribution in [-0.4, -0.2) is 27.8 Å². The number of thioether (sulfide) groups is 1. The molecule has 3 N–H and O–H groups in total. The molecule has 0 saturated carbocycles. The number of H-pyrrole nitrogens is 1. The lowest BCUT2D eigenvalue weighted by atomic mass is 10.2. The Bertz CT molecular complexity index is 983. The number of nitrogens with one attached hydrogen (secondary N) is 1. The molecule has 0 bridgehead atoms. The SMILES string of the molecule is CC(C)CN(C(=O)CSCc1ccc(Cl)cc1)c1c(N)n(CC(C)C)c(=O)[nH]c1=O. The number of amides is 1. The highest BCUT2D eigenvalue weighted by Crippen LogP contribution is 2.22. The molecule has 0 aliphatic rings. The number of nitrogens with two attached hydrogens (primary N) is 1. The van der Waals surface area contributed by atoms with Gasteiger partial charge in [-0.3, -0.25) is 19.1 Å². The average Bonchev–Trinajstić information content (AvgIpc) is 2.65. The van der Waals surface area contributed by atoms with Gasteiger partial charge in [0.25, 0.3) is 5.56 Å². The van der Waals surface area contributed by atoms with Crippen LogP contribution in [0.3, 0.4) is 0 Å². The molecule has 0 fully saturated rings. The summed E-state index contributed by atoms with van der Waals surface area (Å²) in [4.78, 5) is 41.6. The maximum absolute atomic E-state index is 13.0. The summed E-state index contributed by atoms with van der Waals surface area (Å²) < 4.78 is 1.32. The van der Waals surface area contributed by atoms with Crippen LogP contribution in [0.15, 0.2) is 33.9 Å². The standard InChI is InChI=1S/C21H29ClN4O3S/c1-13(2)9-25(17(27)12-30-11-15-5-7-16(22)8-6-15)18-19(23)26(10-14(3)4)21(29)24-20(18)28/h5-8,13-14H,9-12,23H2,1-4H3,(H,24,28,29). The first kappa shape index (κ1) is 24.1. The molecule has 2 aromatic rings. The summed E-state index contributed by atoms with van der Waals surface area (Å²) in [5, 5.41) is 0.661. The van der Waals surface area contributed by atoms with Crippen molar-refractivity contribution in [2.45, 2.75) is 40.0 Å². The minimum Gasteiger partial charge on any atom is -0.383 e. The monoisotopic (exact) mass is 452 g/mol. The molecule has 1 aromatic heterocycles. The molecular weight excluding hydrogens is 424 g/mol. The van der Waals surface area contributed by atoms with Crippen molar-refractivity contribution in [3.8, 4) is 0 Å². The normalized spacial score (nSPS) is 11.3. The third-order valence-corrected chi connectivity index (χ3v) is 5.53. The van der Waals surface area contributed by atoms with Crippen LogP contribution in [0.25, 0.3) is 0 Å². The zero-order valence-electron chi connectivity index (χ0n) is 17.8. The van der Waals surface area contributed by atoms with Gasteiger partial charge in [0.05, 0.1) is 5.75 Å². The molecule has 0 radical (unpaired) electrons. The number of halogens is 1. The number of carbonyl (C=O) groups is 1. The maximum atomic E-state index is 13.0. The second kappa shape index (κ2) is 10.7. The Morgan fingerprint density at radius 1 is 1.17 bits per heavy atom. The van der Waals surface area contributed by atoms with Gasteiger partial charge in [0, 0.05) is 23.9 Å². The summed E-state index contributed by atoms with van der Waals surface area (Å²) in [5.74, 6) is 0.866. The van der Waals surface area contributed by atoms with Gasteiger partial charge < -0.3 is 10.6 Å². The van der Waals surface area contributed by atoms with E-state index in [-0.39, 0.29) is 35.0 Å². The minimum atomic E-state index is -0.644. The number of hydrogen-bond acceptors (Lipinski definition) is 5. The van der Waals surface area contributed by atoms with Gasteiger partial charge in [-0.15, -0.1) is 11.8 Å². The fourth-order valence-electron chi connectivity index (χ4n) is 2.98. The summed E-state index contributed by atoms with van der Waals surface area (Å²) in [6, 6.07) is 7.44. The number of benzene rings is 1. The lowest BCUT2D eigenvalue weighted by molar-refractivity contribution is -0.116. The van der Waals surface area contributed by atoms with E-state index in [9.17, 15) is 14.4 Å². The van der Waals surface area contributed by atoms with Crippen molar-refractivity contribution in [3.05, 3.63) is 55.7 Å². The highest BCUT2D eigenvalue weighted by molar-refractivity contribution is 7.99. The first-order valence-electron chi connectivity index (χ1n) is 9.85. The Morgan fingerprint density at radius 2 is 1.80 bits per heavy atom. The quantitative estimate of drug-likeness (QED) is 0.607. The van der Waals surface area contributed by atoms with Crippen molar-refractivity contribution in [1.82, 2.24) is 9.55 Å². The second-order valence-corrected chi connectivity index (χ2v) is 9.44. The van der Waals surface area contributed by atoms with E-state index >= 15 is 0 Å². The molecule has 0 atom stereocenters. The van der Waals surface area contributed by atoms with E-state index in [4.69, 9.17) is 17.3 Å². The predicted molar refractivity (Wildman–Crippen MR) is 125 cm³/mol. The van der Waals surface area contributed by atoms with Crippen LogP contribution in [-0.2, 0) is 17.1 Å². The highest BCUT2D eigenvalue weighted by atomic mass is 35.5. The van der Waals surface area contributed by atoms with Gasteiger partial charge in [-0.25, -0.2) is 4.79 Å². The number of aromatic amines is 1. The van der Waals surface area contributed by atoms with Crippen molar-refractivity contribution in [3.63, 3.8) is 0 Å². The zero-order valence-corrected chi connectivity index (χ0v) is 19.3. The fourth-order valence-corrected chi connectivity index (χ4v) is 3.97. The lowest BCUT2D eigenvalue weighted by Gasteiger charge is -2.26. The molecule has 0 saturated heterocycles. The largest absolute Gasteiger partial charge is 0.383 e. The van der Waals surface area contributed by atoms with Crippen LogP contribution in [0, 0.1) is 11.8 Å². The molecule has 9 heteroatoms. The van der Waals surface area contributed by atoms with E-state index in [0.717, 1.165) is 5.56 Å². The van der Waals surface area contributed by atoms with Gasteiger partial charge >= 0.3 is 5.69 Å². The number of hydrogen-bond donors (Lipinski definition) is 2. The first-order valence-corrected chi connectivity index (χ1v) is 11.4. The summed E-state index contributed by atoms with van der Waals surface area (Å²) in [6.07, 6.45) is 0. The average molecular weight is 453 g/mol. The smallest absolute Gasteiger partial charge is 0.330 e. The van der Waals surface area contributed by atoms with Crippen LogP contribution in [0.5, 0.6) is 0 Å². The Balaban J connectivity index is 2.28. The van der Waals surface area contributed by atoms with Crippen molar-refractivity contribution < 1.29 is 4.79 Å². The van der Waals surface area contributed by atoms with E-state index in [1.54, 1.807) is 0 Å². The number of nitrogens with zero attached hydrogens (tertiary/aromatic N) is 2. The fraction of sp³-hybridized carbons (Fsp3) is 0.476. The topological polar surface area (TPSA) is 101 Å².